The first-order valence-electron chi connectivity index (χ1n) is 7.89. The van der Waals surface area contributed by atoms with Crippen LogP contribution in [0, 0.1) is 0 Å². The average Bonchev–Trinajstić information content (AvgIpc) is 2.73. The number of nitrogens with zero attached hydrogens (tertiary/aromatic N) is 1. The van der Waals surface area contributed by atoms with E-state index >= 15 is 0 Å². The summed E-state index contributed by atoms with van der Waals surface area (Å²) < 4.78 is 11.0. The number of hydrogen-bond acceptors (Lipinski definition) is 4. The van der Waals surface area contributed by atoms with E-state index in [2.05, 4.69) is 17.9 Å². The maximum absolute atomic E-state index is 6.13. The Hall–Kier alpha value is -1.26. The summed E-state index contributed by atoms with van der Waals surface area (Å²) >= 11 is 0. The Labute approximate surface area is 128 Å². The summed E-state index contributed by atoms with van der Waals surface area (Å²) in [6.07, 6.45) is 5.10. The van der Waals surface area contributed by atoms with Crippen molar-refractivity contribution < 1.29 is 9.47 Å². The van der Waals surface area contributed by atoms with Gasteiger partial charge in [-0.15, -0.1) is 0 Å². The fourth-order valence-corrected chi connectivity index (χ4v) is 3.38. The van der Waals surface area contributed by atoms with Gasteiger partial charge in [0.25, 0.3) is 0 Å². The molecule has 2 N–H and O–H groups in total. The van der Waals surface area contributed by atoms with E-state index in [1.165, 1.54) is 25.7 Å². The van der Waals surface area contributed by atoms with Crippen LogP contribution >= 0.6 is 0 Å². The van der Waals surface area contributed by atoms with E-state index in [0.29, 0.717) is 12.6 Å². The highest BCUT2D eigenvalue weighted by Crippen LogP contribution is 2.38. The second-order valence-corrected chi connectivity index (χ2v) is 5.77. The van der Waals surface area contributed by atoms with Gasteiger partial charge >= 0.3 is 0 Å². The Morgan fingerprint density at radius 3 is 2.71 bits per heavy atom. The Balaban J connectivity index is 2.36. The highest BCUT2D eigenvalue weighted by molar-refractivity contribution is 5.48. The minimum absolute atomic E-state index is 0.183. The van der Waals surface area contributed by atoms with Crippen molar-refractivity contribution >= 4 is 0 Å². The van der Waals surface area contributed by atoms with Crippen LogP contribution in [0.25, 0.3) is 0 Å². The highest BCUT2D eigenvalue weighted by Gasteiger charge is 2.28. The molecule has 2 rings (SSSR count). The number of rotatable bonds is 5. The van der Waals surface area contributed by atoms with Crippen LogP contribution in [0.1, 0.15) is 44.2 Å². The van der Waals surface area contributed by atoms with Gasteiger partial charge in [-0.1, -0.05) is 25.0 Å². The van der Waals surface area contributed by atoms with E-state index in [9.17, 15) is 0 Å². The zero-order valence-corrected chi connectivity index (χ0v) is 13.5. The first-order chi connectivity index (χ1) is 10.2. The molecule has 4 nitrogen and oxygen atoms in total. The van der Waals surface area contributed by atoms with Gasteiger partial charge in [0.1, 0.15) is 0 Å². The molecule has 0 spiro atoms. The number of para-hydroxylation sites is 1. The van der Waals surface area contributed by atoms with Gasteiger partial charge in [-0.25, -0.2) is 0 Å². The van der Waals surface area contributed by atoms with Crippen LogP contribution in [-0.2, 0) is 0 Å². The molecule has 1 aliphatic heterocycles. The van der Waals surface area contributed by atoms with Crippen molar-refractivity contribution in [2.24, 2.45) is 5.73 Å². The van der Waals surface area contributed by atoms with E-state index < -0.39 is 0 Å². The van der Waals surface area contributed by atoms with Gasteiger partial charge in [0, 0.05) is 18.2 Å². The summed E-state index contributed by atoms with van der Waals surface area (Å²) in [7, 11) is 3.37. The third-order valence-corrected chi connectivity index (χ3v) is 4.52. The van der Waals surface area contributed by atoms with E-state index in [1.807, 2.05) is 12.1 Å². The average molecular weight is 292 g/mol. The third-order valence-electron chi connectivity index (χ3n) is 4.52. The Morgan fingerprint density at radius 1 is 1.24 bits per heavy atom. The molecule has 0 bridgehead atoms. The van der Waals surface area contributed by atoms with Gasteiger partial charge < -0.3 is 15.2 Å². The molecule has 1 aromatic carbocycles. The second kappa shape index (κ2) is 7.66. The number of methoxy groups -OCH3 is 2. The molecule has 0 amide bonds. The van der Waals surface area contributed by atoms with Crippen LogP contribution in [-0.4, -0.2) is 38.3 Å². The smallest absolute Gasteiger partial charge is 0.165 e. The van der Waals surface area contributed by atoms with Crippen molar-refractivity contribution in [1.82, 2.24) is 4.90 Å². The van der Waals surface area contributed by atoms with Gasteiger partial charge in [0.15, 0.2) is 11.5 Å². The van der Waals surface area contributed by atoms with Crippen molar-refractivity contribution in [2.45, 2.75) is 44.7 Å². The lowest BCUT2D eigenvalue weighted by molar-refractivity contribution is 0.148. The predicted octanol–water partition coefficient (Wildman–Crippen LogP) is 2.97. The second-order valence-electron chi connectivity index (χ2n) is 5.77. The van der Waals surface area contributed by atoms with E-state index in [0.717, 1.165) is 23.6 Å². The Morgan fingerprint density at radius 2 is 2.05 bits per heavy atom. The van der Waals surface area contributed by atoms with Crippen molar-refractivity contribution in [2.75, 3.05) is 27.3 Å². The van der Waals surface area contributed by atoms with Crippen LogP contribution in [0.4, 0.5) is 0 Å². The first kappa shape index (κ1) is 16.1. The largest absolute Gasteiger partial charge is 0.493 e. The molecular weight excluding hydrogens is 264 g/mol. The molecule has 0 aromatic heterocycles. The van der Waals surface area contributed by atoms with Crippen LogP contribution in [0.15, 0.2) is 18.2 Å². The van der Waals surface area contributed by atoms with E-state index in [1.54, 1.807) is 14.2 Å². The maximum atomic E-state index is 6.13. The number of hydrogen-bond donors (Lipinski definition) is 1. The molecule has 118 valence electrons. The molecule has 0 saturated carbocycles. The molecule has 4 heteroatoms. The normalized spacial score (nSPS) is 21.6. The summed E-state index contributed by atoms with van der Waals surface area (Å²) in [5, 5.41) is 0. The molecule has 0 radical (unpaired) electrons. The van der Waals surface area contributed by atoms with Crippen LogP contribution in [0.5, 0.6) is 11.5 Å². The third kappa shape index (κ3) is 3.50. The summed E-state index contributed by atoms with van der Waals surface area (Å²) in [6.45, 7) is 4.00. The molecule has 0 aliphatic carbocycles. The number of ether oxygens (including phenoxy) is 2. The molecule has 21 heavy (non-hydrogen) atoms. The van der Waals surface area contributed by atoms with Crippen molar-refractivity contribution in [1.29, 1.82) is 0 Å². The number of benzene rings is 1. The number of nitrogens with two attached hydrogens (primary N) is 1. The molecule has 1 aromatic rings. The zero-order chi connectivity index (χ0) is 15.2. The lowest BCUT2D eigenvalue weighted by Crippen LogP contribution is -2.40. The quantitative estimate of drug-likeness (QED) is 0.906. The van der Waals surface area contributed by atoms with Crippen LogP contribution in [0.3, 0.4) is 0 Å². The molecule has 1 fully saturated rings. The standard InChI is InChI=1S/C17H28N2O2/c1-13-8-5-4-6-11-19(13)15(12-18)14-9-7-10-16(20-2)17(14)21-3/h7,9-10,13,15H,4-6,8,11-12,18H2,1-3H3. The zero-order valence-electron chi connectivity index (χ0n) is 13.5. The van der Waals surface area contributed by atoms with Crippen molar-refractivity contribution in [3.05, 3.63) is 23.8 Å². The molecule has 1 aliphatic rings. The van der Waals surface area contributed by atoms with Gasteiger partial charge in [-0.05, 0) is 32.4 Å². The molecule has 2 atom stereocenters. The van der Waals surface area contributed by atoms with E-state index in [4.69, 9.17) is 15.2 Å². The lowest BCUT2D eigenvalue weighted by Gasteiger charge is -2.35. The van der Waals surface area contributed by atoms with Gasteiger partial charge in [-0.3, -0.25) is 4.90 Å². The minimum atomic E-state index is 0.183. The topological polar surface area (TPSA) is 47.7 Å². The van der Waals surface area contributed by atoms with Crippen LogP contribution < -0.4 is 15.2 Å². The molecule has 1 saturated heterocycles. The molecule has 2 unspecified atom stereocenters. The molecular formula is C17H28N2O2. The summed E-state index contributed by atoms with van der Waals surface area (Å²) in [4.78, 5) is 2.53. The fraction of sp³-hybridized carbons (Fsp3) is 0.647. The predicted molar refractivity (Wildman–Crippen MR) is 86.0 cm³/mol. The Bertz CT molecular complexity index is 450. The SMILES string of the molecule is COc1cccc(C(CN)N2CCCCCC2C)c1OC. The van der Waals surface area contributed by atoms with Crippen molar-refractivity contribution in [3.8, 4) is 11.5 Å². The lowest BCUT2D eigenvalue weighted by atomic mass is 10.0. The van der Waals surface area contributed by atoms with Crippen molar-refractivity contribution in [3.63, 3.8) is 0 Å². The molecule has 1 heterocycles. The van der Waals surface area contributed by atoms with Gasteiger partial charge in [-0.2, -0.15) is 0 Å². The fourth-order valence-electron chi connectivity index (χ4n) is 3.38. The van der Waals surface area contributed by atoms with Gasteiger partial charge in [0.2, 0.25) is 0 Å². The Kier molecular flexibility index (Phi) is 5.88. The minimum Gasteiger partial charge on any atom is -0.493 e. The maximum Gasteiger partial charge on any atom is 0.165 e. The number of likely N-dealkylation sites (tertiary alicyclic amines) is 1. The van der Waals surface area contributed by atoms with Crippen LogP contribution in [0.2, 0.25) is 0 Å². The van der Waals surface area contributed by atoms with Gasteiger partial charge in [0.05, 0.1) is 20.3 Å². The summed E-state index contributed by atoms with van der Waals surface area (Å²) in [5.74, 6) is 1.59. The highest BCUT2D eigenvalue weighted by atomic mass is 16.5. The first-order valence-corrected chi connectivity index (χ1v) is 7.89. The summed E-state index contributed by atoms with van der Waals surface area (Å²) in [5.41, 5.74) is 7.26. The van der Waals surface area contributed by atoms with E-state index in [-0.39, 0.29) is 6.04 Å². The summed E-state index contributed by atoms with van der Waals surface area (Å²) in [6, 6.07) is 6.79. The monoisotopic (exact) mass is 292 g/mol.